The molecule has 0 bridgehead atoms. The molecule has 3 rings (SSSR count). The molecule has 3 amide bonds. The molecule has 0 atom stereocenters. The van der Waals surface area contributed by atoms with Gasteiger partial charge in [-0.3, -0.25) is 4.79 Å². The van der Waals surface area contributed by atoms with Crippen molar-refractivity contribution in [3.8, 4) is 0 Å². The predicted molar refractivity (Wildman–Crippen MR) is 99.7 cm³/mol. The number of carbonyl (C=O) groups excluding carboxylic acids is 2. The molecule has 1 N–H and O–H groups in total. The summed E-state index contributed by atoms with van der Waals surface area (Å²) in [7, 11) is 0. The maximum absolute atomic E-state index is 12.6. The van der Waals surface area contributed by atoms with Crippen LogP contribution in [0.3, 0.4) is 0 Å². The highest BCUT2D eigenvalue weighted by Gasteiger charge is 2.41. The molecule has 1 aromatic rings. The number of hydrogen-bond acceptors (Lipinski definition) is 2. The third-order valence-electron chi connectivity index (χ3n) is 6.09. The molecule has 0 radical (unpaired) electrons. The number of amides is 3. The Morgan fingerprint density at radius 2 is 1.92 bits per heavy atom. The number of carbonyl (C=O) groups is 2. The fraction of sp³-hybridized carbons (Fsp3) is 0.600. The van der Waals surface area contributed by atoms with Crippen LogP contribution in [0.2, 0.25) is 0 Å². The van der Waals surface area contributed by atoms with Gasteiger partial charge >= 0.3 is 6.03 Å². The second-order valence-corrected chi connectivity index (χ2v) is 7.57. The molecule has 0 aromatic heterocycles. The van der Waals surface area contributed by atoms with E-state index in [0.29, 0.717) is 6.42 Å². The Kier molecular flexibility index (Phi) is 5.02. The van der Waals surface area contributed by atoms with Crippen LogP contribution in [-0.2, 0) is 4.79 Å². The molecule has 0 saturated carbocycles. The highest BCUT2D eigenvalue weighted by atomic mass is 16.2. The number of urea groups is 1. The van der Waals surface area contributed by atoms with Crippen molar-refractivity contribution in [2.45, 2.75) is 46.5 Å². The molecule has 2 aliphatic heterocycles. The van der Waals surface area contributed by atoms with Crippen LogP contribution in [-0.4, -0.2) is 47.9 Å². The summed E-state index contributed by atoms with van der Waals surface area (Å²) in [6.07, 6.45) is 3.59. The third kappa shape index (κ3) is 3.65. The van der Waals surface area contributed by atoms with E-state index in [1.807, 2.05) is 35.8 Å². The van der Waals surface area contributed by atoms with Crippen LogP contribution in [0.5, 0.6) is 0 Å². The van der Waals surface area contributed by atoms with Crippen molar-refractivity contribution in [2.75, 3.05) is 31.5 Å². The van der Waals surface area contributed by atoms with Crippen molar-refractivity contribution in [1.29, 1.82) is 0 Å². The van der Waals surface area contributed by atoms with Gasteiger partial charge in [0.1, 0.15) is 0 Å². The molecular formula is C20H29N3O2. The number of likely N-dealkylation sites (tertiary alicyclic amines) is 2. The number of aryl methyl sites for hydroxylation is 1. The summed E-state index contributed by atoms with van der Waals surface area (Å²) < 4.78 is 0. The van der Waals surface area contributed by atoms with E-state index in [9.17, 15) is 9.59 Å². The van der Waals surface area contributed by atoms with Gasteiger partial charge < -0.3 is 15.1 Å². The molecular weight excluding hydrogens is 314 g/mol. The largest absolute Gasteiger partial charge is 0.342 e. The Labute approximate surface area is 150 Å². The number of nitrogens with zero attached hydrogens (tertiary/aromatic N) is 2. The molecule has 2 heterocycles. The van der Waals surface area contributed by atoms with E-state index in [1.54, 1.807) is 0 Å². The van der Waals surface area contributed by atoms with Crippen LogP contribution in [0.15, 0.2) is 18.2 Å². The minimum atomic E-state index is -0.0113. The smallest absolute Gasteiger partial charge is 0.321 e. The van der Waals surface area contributed by atoms with Crippen molar-refractivity contribution < 1.29 is 9.59 Å². The van der Waals surface area contributed by atoms with Crippen molar-refractivity contribution >= 4 is 17.6 Å². The quantitative estimate of drug-likeness (QED) is 0.893. The summed E-state index contributed by atoms with van der Waals surface area (Å²) in [5.41, 5.74) is 3.40. The Morgan fingerprint density at radius 3 is 2.60 bits per heavy atom. The molecule has 0 unspecified atom stereocenters. The van der Waals surface area contributed by atoms with Crippen LogP contribution < -0.4 is 5.32 Å². The average Bonchev–Trinajstić information content (AvgIpc) is 2.62. The van der Waals surface area contributed by atoms with Gasteiger partial charge in [0.2, 0.25) is 5.91 Å². The normalized spacial score (nSPS) is 20.0. The van der Waals surface area contributed by atoms with Crippen molar-refractivity contribution in [2.24, 2.45) is 5.41 Å². The predicted octanol–water partition coefficient (Wildman–Crippen LogP) is 3.56. The number of anilines is 1. The molecule has 5 heteroatoms. The van der Waals surface area contributed by atoms with Crippen LogP contribution in [0, 0.1) is 19.3 Å². The van der Waals surface area contributed by atoms with Crippen LogP contribution in [0.25, 0.3) is 0 Å². The lowest BCUT2D eigenvalue weighted by atomic mass is 9.72. The van der Waals surface area contributed by atoms with Crippen molar-refractivity contribution in [1.82, 2.24) is 9.80 Å². The van der Waals surface area contributed by atoms with Crippen molar-refractivity contribution in [3.63, 3.8) is 0 Å². The van der Waals surface area contributed by atoms with Gasteiger partial charge in [-0.05, 0) is 62.6 Å². The first-order valence-electron chi connectivity index (χ1n) is 9.34. The summed E-state index contributed by atoms with van der Waals surface area (Å²) in [6.45, 7) is 9.31. The van der Waals surface area contributed by atoms with Gasteiger partial charge in [-0.2, -0.15) is 0 Å². The molecule has 2 aliphatic rings. The number of hydrogen-bond donors (Lipinski definition) is 1. The van der Waals surface area contributed by atoms with Gasteiger partial charge in [0.25, 0.3) is 0 Å². The first-order valence-corrected chi connectivity index (χ1v) is 9.34. The van der Waals surface area contributed by atoms with E-state index in [-0.39, 0.29) is 17.4 Å². The molecule has 25 heavy (non-hydrogen) atoms. The zero-order valence-corrected chi connectivity index (χ0v) is 15.6. The van der Waals surface area contributed by atoms with E-state index in [1.165, 1.54) is 5.56 Å². The Morgan fingerprint density at radius 1 is 1.20 bits per heavy atom. The van der Waals surface area contributed by atoms with Gasteiger partial charge in [-0.25, -0.2) is 4.79 Å². The Hall–Kier alpha value is -2.04. The van der Waals surface area contributed by atoms with E-state index in [2.05, 4.69) is 18.3 Å². The van der Waals surface area contributed by atoms with E-state index in [0.717, 1.165) is 56.7 Å². The molecule has 1 spiro atoms. The lowest BCUT2D eigenvalue weighted by Crippen LogP contribution is -2.52. The number of rotatable bonds is 2. The summed E-state index contributed by atoms with van der Waals surface area (Å²) in [4.78, 5) is 28.5. The van der Waals surface area contributed by atoms with E-state index < -0.39 is 0 Å². The number of benzene rings is 1. The van der Waals surface area contributed by atoms with Crippen LogP contribution in [0.1, 0.15) is 43.7 Å². The lowest BCUT2D eigenvalue weighted by molar-refractivity contribution is -0.138. The van der Waals surface area contributed by atoms with Gasteiger partial charge in [-0.15, -0.1) is 0 Å². The Balaban J connectivity index is 1.59. The molecule has 2 saturated heterocycles. The minimum absolute atomic E-state index is 0.0113. The summed E-state index contributed by atoms with van der Waals surface area (Å²) >= 11 is 0. The fourth-order valence-corrected chi connectivity index (χ4v) is 4.06. The monoisotopic (exact) mass is 343 g/mol. The fourth-order valence-electron chi connectivity index (χ4n) is 4.06. The molecule has 0 aliphatic carbocycles. The van der Waals surface area contributed by atoms with Crippen LogP contribution >= 0.6 is 0 Å². The SMILES string of the molecule is CCN1CC2(CCC1=O)CCN(C(=O)Nc1cccc(C)c1C)CC2. The van der Waals surface area contributed by atoms with Crippen molar-refractivity contribution in [3.05, 3.63) is 29.3 Å². The maximum atomic E-state index is 12.6. The first-order chi connectivity index (χ1) is 11.9. The Bertz CT molecular complexity index is 663. The van der Waals surface area contributed by atoms with Gasteiger partial charge in [-0.1, -0.05) is 12.1 Å². The second kappa shape index (κ2) is 7.06. The van der Waals surface area contributed by atoms with E-state index >= 15 is 0 Å². The van der Waals surface area contributed by atoms with E-state index in [4.69, 9.17) is 0 Å². The van der Waals surface area contributed by atoms with Gasteiger partial charge in [0, 0.05) is 38.3 Å². The zero-order valence-electron chi connectivity index (χ0n) is 15.6. The first kappa shape index (κ1) is 17.8. The van der Waals surface area contributed by atoms with Crippen LogP contribution in [0.4, 0.5) is 10.5 Å². The molecule has 1 aromatic carbocycles. The third-order valence-corrected chi connectivity index (χ3v) is 6.09. The molecule has 5 nitrogen and oxygen atoms in total. The minimum Gasteiger partial charge on any atom is -0.342 e. The topological polar surface area (TPSA) is 52.7 Å². The molecule has 2 fully saturated rings. The second-order valence-electron chi connectivity index (χ2n) is 7.57. The highest BCUT2D eigenvalue weighted by molar-refractivity contribution is 5.90. The molecule has 136 valence electrons. The van der Waals surface area contributed by atoms with Gasteiger partial charge in [0.05, 0.1) is 0 Å². The number of piperidine rings is 2. The number of nitrogens with one attached hydrogen (secondary N) is 1. The average molecular weight is 343 g/mol. The van der Waals surface area contributed by atoms with Gasteiger partial charge in [0.15, 0.2) is 0 Å². The maximum Gasteiger partial charge on any atom is 0.321 e. The lowest BCUT2D eigenvalue weighted by Gasteiger charge is -2.47. The summed E-state index contributed by atoms with van der Waals surface area (Å²) in [5, 5.41) is 3.06. The highest BCUT2D eigenvalue weighted by Crippen LogP contribution is 2.40. The zero-order chi connectivity index (χ0) is 18.0. The standard InChI is InChI=1S/C20H29N3O2/c1-4-22-14-20(9-8-18(22)24)10-12-23(13-11-20)19(25)21-17-7-5-6-15(2)16(17)3/h5-7H,4,8-14H2,1-3H3,(H,21,25). The summed E-state index contributed by atoms with van der Waals surface area (Å²) in [5.74, 6) is 0.281. The summed E-state index contributed by atoms with van der Waals surface area (Å²) in [6, 6.07) is 5.97.